The van der Waals surface area contributed by atoms with Crippen molar-refractivity contribution in [2.45, 2.75) is 58.5 Å². The van der Waals surface area contributed by atoms with Gasteiger partial charge in [0.2, 0.25) is 0 Å². The number of nitrogens with one attached hydrogen (secondary N) is 1. The van der Waals surface area contributed by atoms with Crippen LogP contribution in [0.15, 0.2) is 0 Å². The van der Waals surface area contributed by atoms with Crippen LogP contribution in [0.4, 0.5) is 0 Å². The zero-order valence-corrected chi connectivity index (χ0v) is 13.0. The number of fused-ring (bicyclic) bond motifs is 1. The maximum Gasteiger partial charge on any atom is 0.114 e. The molecule has 1 N–H and O–H groups in total. The molecule has 0 atom stereocenters. The molecule has 3 rings (SSSR count). The number of rotatable bonds is 2. The Morgan fingerprint density at radius 1 is 1.30 bits per heavy atom. The fourth-order valence-electron chi connectivity index (χ4n) is 3.33. The van der Waals surface area contributed by atoms with E-state index in [1.54, 1.807) is 0 Å². The van der Waals surface area contributed by atoms with Crippen LogP contribution in [-0.2, 0) is 29.7 Å². The lowest BCUT2D eigenvalue weighted by Gasteiger charge is -2.27. The normalized spacial score (nSPS) is 20.9. The van der Waals surface area contributed by atoms with Crippen LogP contribution >= 0.6 is 0 Å². The van der Waals surface area contributed by atoms with Gasteiger partial charge in [0, 0.05) is 50.4 Å². The Hall–Kier alpha value is -0.870. The highest BCUT2D eigenvalue weighted by atomic mass is 16.5. The van der Waals surface area contributed by atoms with E-state index in [-0.39, 0.29) is 5.41 Å². The Kier molecular flexibility index (Phi) is 3.87. The van der Waals surface area contributed by atoms with Crippen LogP contribution in [0.1, 0.15) is 50.8 Å². The van der Waals surface area contributed by atoms with E-state index in [9.17, 15) is 0 Å². The first-order valence-corrected chi connectivity index (χ1v) is 7.93. The van der Waals surface area contributed by atoms with Crippen molar-refractivity contribution in [2.24, 2.45) is 5.92 Å². The third-order valence-corrected chi connectivity index (χ3v) is 4.44. The molecule has 1 aromatic rings. The average molecular weight is 277 g/mol. The minimum Gasteiger partial charge on any atom is -0.381 e. The van der Waals surface area contributed by atoms with E-state index in [1.165, 1.54) is 30.1 Å². The summed E-state index contributed by atoms with van der Waals surface area (Å²) >= 11 is 0. The molecule has 2 aliphatic rings. The van der Waals surface area contributed by atoms with Crippen molar-refractivity contribution in [3.05, 3.63) is 17.2 Å². The lowest BCUT2D eigenvalue weighted by Crippen LogP contribution is -2.28. The minimum atomic E-state index is 0.114. The van der Waals surface area contributed by atoms with Gasteiger partial charge in [-0.2, -0.15) is 0 Å². The maximum absolute atomic E-state index is 5.49. The van der Waals surface area contributed by atoms with Gasteiger partial charge in [0.15, 0.2) is 0 Å². The molecule has 1 fully saturated rings. The fourth-order valence-corrected chi connectivity index (χ4v) is 3.33. The summed E-state index contributed by atoms with van der Waals surface area (Å²) in [5.74, 6) is 2.01. The third kappa shape index (κ3) is 2.77. The highest BCUT2D eigenvalue weighted by Crippen LogP contribution is 2.28. The highest BCUT2D eigenvalue weighted by Gasteiger charge is 2.28. The van der Waals surface area contributed by atoms with Crippen LogP contribution in [0.3, 0.4) is 0 Å². The van der Waals surface area contributed by atoms with E-state index in [0.717, 1.165) is 45.2 Å². The Morgan fingerprint density at radius 3 is 2.75 bits per heavy atom. The summed E-state index contributed by atoms with van der Waals surface area (Å²) in [6, 6.07) is 0. The van der Waals surface area contributed by atoms with Crippen LogP contribution in [0.25, 0.3) is 0 Å². The van der Waals surface area contributed by atoms with Gasteiger partial charge in [-0.05, 0) is 18.8 Å². The standard InChI is InChI=1S/C16H27N3O/c1-16(2,3)15-18-13-10-17-7-4-14(13)19(15)11-12-5-8-20-9-6-12/h12,17H,4-11H2,1-3H3. The molecule has 20 heavy (non-hydrogen) atoms. The molecule has 2 aliphatic heterocycles. The van der Waals surface area contributed by atoms with E-state index >= 15 is 0 Å². The fraction of sp³-hybridized carbons (Fsp3) is 0.812. The first-order chi connectivity index (χ1) is 9.55. The Balaban J connectivity index is 1.91. The van der Waals surface area contributed by atoms with Crippen molar-refractivity contribution in [2.75, 3.05) is 19.8 Å². The smallest absolute Gasteiger partial charge is 0.114 e. The number of imidazole rings is 1. The van der Waals surface area contributed by atoms with Crippen LogP contribution in [0.5, 0.6) is 0 Å². The highest BCUT2D eigenvalue weighted by molar-refractivity contribution is 5.23. The summed E-state index contributed by atoms with van der Waals surface area (Å²) in [4.78, 5) is 4.96. The van der Waals surface area contributed by atoms with Gasteiger partial charge in [0.25, 0.3) is 0 Å². The Morgan fingerprint density at radius 2 is 2.05 bits per heavy atom. The first kappa shape index (κ1) is 14.1. The Bertz CT molecular complexity index is 467. The molecule has 0 saturated carbocycles. The van der Waals surface area contributed by atoms with Gasteiger partial charge in [0.1, 0.15) is 5.82 Å². The molecule has 4 heteroatoms. The molecule has 0 spiro atoms. The van der Waals surface area contributed by atoms with Gasteiger partial charge >= 0.3 is 0 Å². The Labute approximate surface area is 121 Å². The minimum absolute atomic E-state index is 0.114. The topological polar surface area (TPSA) is 39.1 Å². The second-order valence-corrected chi connectivity index (χ2v) is 7.17. The van der Waals surface area contributed by atoms with Crippen LogP contribution in [0, 0.1) is 5.92 Å². The summed E-state index contributed by atoms with van der Waals surface area (Å²) in [6.45, 7) is 11.8. The summed E-state index contributed by atoms with van der Waals surface area (Å²) in [6.07, 6.45) is 3.49. The van der Waals surface area contributed by atoms with Gasteiger partial charge in [-0.15, -0.1) is 0 Å². The molecule has 0 bridgehead atoms. The average Bonchev–Trinajstić information content (AvgIpc) is 2.79. The molecule has 0 unspecified atom stereocenters. The molecule has 3 heterocycles. The maximum atomic E-state index is 5.49. The SMILES string of the molecule is CC(C)(C)c1nc2c(n1CC1CCOCC1)CCNC2. The number of hydrogen-bond acceptors (Lipinski definition) is 3. The molecule has 0 amide bonds. The van der Waals surface area contributed by atoms with Gasteiger partial charge in [-0.1, -0.05) is 20.8 Å². The quantitative estimate of drug-likeness (QED) is 0.901. The molecule has 0 radical (unpaired) electrons. The van der Waals surface area contributed by atoms with Crippen molar-refractivity contribution < 1.29 is 4.74 Å². The van der Waals surface area contributed by atoms with Crippen molar-refractivity contribution in [1.82, 2.24) is 14.9 Å². The molecule has 0 aromatic carbocycles. The predicted molar refractivity (Wildman–Crippen MR) is 79.9 cm³/mol. The largest absolute Gasteiger partial charge is 0.381 e. The van der Waals surface area contributed by atoms with Crippen molar-refractivity contribution in [3.63, 3.8) is 0 Å². The second kappa shape index (κ2) is 5.49. The van der Waals surface area contributed by atoms with E-state index in [1.807, 2.05) is 0 Å². The van der Waals surface area contributed by atoms with Gasteiger partial charge < -0.3 is 14.6 Å². The molecule has 1 aromatic heterocycles. The first-order valence-electron chi connectivity index (χ1n) is 7.93. The molecular formula is C16H27N3O. The predicted octanol–water partition coefficient (Wildman–Crippen LogP) is 2.25. The van der Waals surface area contributed by atoms with Crippen LogP contribution < -0.4 is 5.32 Å². The monoisotopic (exact) mass is 277 g/mol. The lowest BCUT2D eigenvalue weighted by molar-refractivity contribution is 0.0605. The van der Waals surface area contributed by atoms with E-state index < -0.39 is 0 Å². The third-order valence-electron chi connectivity index (χ3n) is 4.44. The summed E-state index contributed by atoms with van der Waals surface area (Å²) < 4.78 is 8.03. The van der Waals surface area contributed by atoms with Crippen molar-refractivity contribution in [1.29, 1.82) is 0 Å². The number of nitrogens with zero attached hydrogens (tertiary/aromatic N) is 2. The van der Waals surface area contributed by atoms with Gasteiger partial charge in [-0.3, -0.25) is 0 Å². The second-order valence-electron chi connectivity index (χ2n) is 7.17. The van der Waals surface area contributed by atoms with E-state index in [0.29, 0.717) is 0 Å². The van der Waals surface area contributed by atoms with Gasteiger partial charge in [0.05, 0.1) is 5.69 Å². The lowest BCUT2D eigenvalue weighted by atomic mass is 9.94. The number of ether oxygens (including phenoxy) is 1. The van der Waals surface area contributed by atoms with Gasteiger partial charge in [-0.25, -0.2) is 4.98 Å². The summed E-state index contributed by atoms with van der Waals surface area (Å²) in [5.41, 5.74) is 2.86. The van der Waals surface area contributed by atoms with E-state index in [2.05, 4.69) is 30.7 Å². The summed E-state index contributed by atoms with van der Waals surface area (Å²) in [7, 11) is 0. The molecule has 0 aliphatic carbocycles. The number of hydrogen-bond donors (Lipinski definition) is 1. The zero-order valence-electron chi connectivity index (χ0n) is 13.0. The van der Waals surface area contributed by atoms with E-state index in [4.69, 9.17) is 9.72 Å². The molecule has 1 saturated heterocycles. The van der Waals surface area contributed by atoms with Crippen molar-refractivity contribution in [3.8, 4) is 0 Å². The molecular weight excluding hydrogens is 250 g/mol. The summed E-state index contributed by atoms with van der Waals surface area (Å²) in [5, 5.41) is 3.44. The van der Waals surface area contributed by atoms with Crippen LogP contribution in [0.2, 0.25) is 0 Å². The zero-order chi connectivity index (χ0) is 14.2. The van der Waals surface area contributed by atoms with Crippen LogP contribution in [-0.4, -0.2) is 29.3 Å². The molecule has 112 valence electrons. The number of aromatic nitrogens is 2. The van der Waals surface area contributed by atoms with Crippen molar-refractivity contribution >= 4 is 0 Å². The molecule has 4 nitrogen and oxygen atoms in total.